The normalized spacial score (nSPS) is 21.2. The predicted octanol–water partition coefficient (Wildman–Crippen LogP) is 1.34. The van der Waals surface area contributed by atoms with E-state index in [1.54, 1.807) is 6.20 Å². The molecular weight excluding hydrogens is 138 g/mol. The Hall–Kier alpha value is -0.700. The van der Waals surface area contributed by atoms with Crippen LogP contribution < -0.4 is 17.6 Å². The molecule has 0 atom stereocenters. The van der Waals surface area contributed by atoms with Crippen molar-refractivity contribution in [2.45, 2.75) is 26.7 Å². The molecule has 66 valence electrons. The van der Waals surface area contributed by atoms with Crippen LogP contribution in [-0.2, 0) is 0 Å². The number of allylic oxidation sites excluding steroid dienone is 1. The molecule has 1 rings (SSSR count). The second kappa shape index (κ2) is 3.13. The Morgan fingerprint density at radius 3 is 2.00 bits per heavy atom. The Morgan fingerprint density at radius 1 is 1.45 bits per heavy atom. The van der Waals surface area contributed by atoms with Crippen molar-refractivity contribution in [3.8, 4) is 0 Å². The minimum absolute atomic E-state index is 0. The molecule has 0 unspecified atom stereocenters. The maximum atomic E-state index is 5.75. The van der Waals surface area contributed by atoms with E-state index in [-0.39, 0.29) is 11.6 Å². The zero-order valence-electron chi connectivity index (χ0n) is 7.43. The standard InChI is InChI=1S/C8H16N2.H3N/c1-6(2)8(3-4-8)7(10)5-9;/h5-6H,3-4,9-10H2,1-2H3;1H3/b7-5-;. The van der Waals surface area contributed by atoms with Crippen LogP contribution in [-0.4, -0.2) is 0 Å². The van der Waals surface area contributed by atoms with E-state index in [0.717, 1.165) is 5.70 Å². The van der Waals surface area contributed by atoms with E-state index in [0.29, 0.717) is 5.92 Å². The first-order chi connectivity index (χ1) is 4.63. The Bertz CT molecular complexity index is 157. The first kappa shape index (κ1) is 10.3. The SMILES string of the molecule is CC(C)C1(/C(N)=C/N)CC1.N. The first-order valence-electron chi connectivity index (χ1n) is 3.81. The van der Waals surface area contributed by atoms with Gasteiger partial charge >= 0.3 is 0 Å². The van der Waals surface area contributed by atoms with Gasteiger partial charge in [0.1, 0.15) is 0 Å². The van der Waals surface area contributed by atoms with Gasteiger partial charge in [-0.25, -0.2) is 0 Å². The molecule has 11 heavy (non-hydrogen) atoms. The van der Waals surface area contributed by atoms with Gasteiger partial charge in [-0.05, 0) is 18.8 Å². The fraction of sp³-hybridized carbons (Fsp3) is 0.750. The van der Waals surface area contributed by atoms with Gasteiger partial charge < -0.3 is 17.6 Å². The number of hydrogen-bond acceptors (Lipinski definition) is 3. The van der Waals surface area contributed by atoms with Gasteiger partial charge in [-0.3, -0.25) is 0 Å². The van der Waals surface area contributed by atoms with Gasteiger partial charge in [0, 0.05) is 17.3 Å². The zero-order valence-corrected chi connectivity index (χ0v) is 7.43. The quantitative estimate of drug-likeness (QED) is 0.565. The Labute approximate surface area is 68.4 Å². The van der Waals surface area contributed by atoms with Crippen molar-refractivity contribution >= 4 is 0 Å². The fourth-order valence-corrected chi connectivity index (χ4v) is 1.50. The molecule has 0 heterocycles. The number of rotatable bonds is 2. The third-order valence-corrected chi connectivity index (χ3v) is 2.65. The summed E-state index contributed by atoms with van der Waals surface area (Å²) in [4.78, 5) is 0. The maximum absolute atomic E-state index is 5.75. The third kappa shape index (κ3) is 1.48. The van der Waals surface area contributed by atoms with Crippen LogP contribution in [0, 0.1) is 11.3 Å². The van der Waals surface area contributed by atoms with E-state index in [4.69, 9.17) is 11.5 Å². The summed E-state index contributed by atoms with van der Waals surface area (Å²) in [7, 11) is 0. The highest BCUT2D eigenvalue weighted by molar-refractivity contribution is 5.18. The molecule has 0 amide bonds. The van der Waals surface area contributed by atoms with Crippen molar-refractivity contribution in [3.63, 3.8) is 0 Å². The highest BCUT2D eigenvalue weighted by Crippen LogP contribution is 2.55. The summed E-state index contributed by atoms with van der Waals surface area (Å²) < 4.78 is 0. The van der Waals surface area contributed by atoms with E-state index in [1.807, 2.05) is 0 Å². The molecule has 0 saturated heterocycles. The molecule has 1 saturated carbocycles. The summed E-state index contributed by atoms with van der Waals surface area (Å²) in [5.41, 5.74) is 12.2. The van der Waals surface area contributed by atoms with Crippen LogP contribution in [0.2, 0.25) is 0 Å². The monoisotopic (exact) mass is 157 g/mol. The lowest BCUT2D eigenvalue weighted by atomic mass is 9.90. The van der Waals surface area contributed by atoms with Crippen molar-refractivity contribution in [1.29, 1.82) is 0 Å². The molecule has 0 radical (unpaired) electrons. The first-order valence-corrected chi connectivity index (χ1v) is 3.81. The van der Waals surface area contributed by atoms with Gasteiger partial charge in [0.2, 0.25) is 0 Å². The van der Waals surface area contributed by atoms with E-state index in [2.05, 4.69) is 13.8 Å². The van der Waals surface area contributed by atoms with Gasteiger partial charge in [-0.2, -0.15) is 0 Å². The van der Waals surface area contributed by atoms with Crippen LogP contribution in [0.3, 0.4) is 0 Å². The lowest BCUT2D eigenvalue weighted by Crippen LogP contribution is -2.20. The minimum Gasteiger partial charge on any atom is -0.403 e. The molecule has 0 aromatic carbocycles. The molecule has 0 aromatic rings. The average Bonchev–Trinajstić information content (AvgIpc) is 2.65. The maximum Gasteiger partial charge on any atom is 0.0303 e. The smallest absolute Gasteiger partial charge is 0.0303 e. The Morgan fingerprint density at radius 2 is 1.91 bits per heavy atom. The molecule has 1 aliphatic carbocycles. The molecule has 1 fully saturated rings. The number of hydrogen-bond donors (Lipinski definition) is 3. The van der Waals surface area contributed by atoms with E-state index in [1.165, 1.54) is 12.8 Å². The van der Waals surface area contributed by atoms with Crippen LogP contribution in [0.5, 0.6) is 0 Å². The average molecular weight is 157 g/mol. The van der Waals surface area contributed by atoms with Crippen LogP contribution in [0.4, 0.5) is 0 Å². The Kier molecular flexibility index (Phi) is 2.93. The molecular formula is C8H19N3. The summed E-state index contributed by atoms with van der Waals surface area (Å²) in [6.45, 7) is 4.40. The summed E-state index contributed by atoms with van der Waals surface area (Å²) in [5.74, 6) is 0.632. The molecule has 0 aromatic heterocycles. The van der Waals surface area contributed by atoms with Crippen molar-refractivity contribution in [1.82, 2.24) is 6.15 Å². The van der Waals surface area contributed by atoms with E-state index in [9.17, 15) is 0 Å². The second-order valence-corrected chi connectivity index (χ2v) is 3.43. The van der Waals surface area contributed by atoms with Crippen LogP contribution in [0.1, 0.15) is 26.7 Å². The van der Waals surface area contributed by atoms with Crippen molar-refractivity contribution in [2.75, 3.05) is 0 Å². The van der Waals surface area contributed by atoms with Crippen molar-refractivity contribution < 1.29 is 0 Å². The fourth-order valence-electron chi connectivity index (χ4n) is 1.50. The summed E-state index contributed by atoms with van der Waals surface area (Å²) >= 11 is 0. The van der Waals surface area contributed by atoms with Crippen LogP contribution >= 0.6 is 0 Å². The molecule has 3 heteroatoms. The van der Waals surface area contributed by atoms with Gasteiger partial charge in [-0.1, -0.05) is 13.8 Å². The van der Waals surface area contributed by atoms with Crippen LogP contribution in [0.15, 0.2) is 11.9 Å². The minimum atomic E-state index is 0. The topological polar surface area (TPSA) is 87.0 Å². The molecule has 3 nitrogen and oxygen atoms in total. The largest absolute Gasteiger partial charge is 0.403 e. The van der Waals surface area contributed by atoms with Crippen molar-refractivity contribution in [2.24, 2.45) is 22.8 Å². The summed E-state index contributed by atoms with van der Waals surface area (Å²) in [6, 6.07) is 0. The van der Waals surface area contributed by atoms with Crippen molar-refractivity contribution in [3.05, 3.63) is 11.9 Å². The molecule has 0 spiro atoms. The third-order valence-electron chi connectivity index (χ3n) is 2.65. The predicted molar refractivity (Wildman–Crippen MR) is 48.0 cm³/mol. The van der Waals surface area contributed by atoms with Gasteiger partial charge in [0.05, 0.1) is 0 Å². The molecule has 1 aliphatic rings. The van der Waals surface area contributed by atoms with Crippen LogP contribution in [0.25, 0.3) is 0 Å². The highest BCUT2D eigenvalue weighted by atomic mass is 14.7. The lowest BCUT2D eigenvalue weighted by molar-refractivity contribution is 0.417. The molecule has 0 aliphatic heterocycles. The molecule has 0 bridgehead atoms. The van der Waals surface area contributed by atoms with Gasteiger partial charge in [-0.15, -0.1) is 0 Å². The second-order valence-electron chi connectivity index (χ2n) is 3.43. The van der Waals surface area contributed by atoms with Gasteiger partial charge in [0.15, 0.2) is 0 Å². The van der Waals surface area contributed by atoms with Gasteiger partial charge in [0.25, 0.3) is 0 Å². The molecule has 7 N–H and O–H groups in total. The van der Waals surface area contributed by atoms with E-state index < -0.39 is 0 Å². The van der Waals surface area contributed by atoms with E-state index >= 15 is 0 Å². The number of nitrogens with two attached hydrogens (primary N) is 2. The lowest BCUT2D eigenvalue weighted by Gasteiger charge is -2.19. The highest BCUT2D eigenvalue weighted by Gasteiger charge is 2.47. The zero-order chi connectivity index (χ0) is 7.78. The Balaban J connectivity index is 0.000001000. The summed E-state index contributed by atoms with van der Waals surface area (Å²) in [6.07, 6.45) is 3.97. The summed E-state index contributed by atoms with van der Waals surface area (Å²) in [5, 5.41) is 0.